The Morgan fingerprint density at radius 3 is 2.11 bits per heavy atom. The predicted octanol–water partition coefficient (Wildman–Crippen LogP) is 4.38. The van der Waals surface area contributed by atoms with E-state index < -0.39 is 15.9 Å². The number of hydrogen-bond donors (Lipinski definition) is 0. The zero-order chi connectivity index (χ0) is 20.9. The molecular formula is C21H26FNO4S. The van der Waals surface area contributed by atoms with Gasteiger partial charge in [0.25, 0.3) is 0 Å². The minimum Gasteiger partial charge on any atom is -0.379 e. The van der Waals surface area contributed by atoms with Crippen molar-refractivity contribution in [2.24, 2.45) is 5.92 Å². The van der Waals surface area contributed by atoms with Crippen LogP contribution in [0.4, 0.5) is 4.39 Å². The van der Waals surface area contributed by atoms with Gasteiger partial charge in [-0.1, -0.05) is 32.9 Å². The van der Waals surface area contributed by atoms with Crippen molar-refractivity contribution in [3.8, 4) is 5.75 Å². The molecule has 0 fully saturated rings. The Bertz CT molecular complexity index is 893. The van der Waals surface area contributed by atoms with Crippen LogP contribution in [0.15, 0.2) is 53.4 Å². The van der Waals surface area contributed by atoms with E-state index in [4.69, 9.17) is 4.18 Å². The molecule has 0 N–H and O–H groups in total. The number of halogens is 1. The highest BCUT2D eigenvalue weighted by molar-refractivity contribution is 7.87. The molecule has 152 valence electrons. The van der Waals surface area contributed by atoms with Crippen molar-refractivity contribution < 1.29 is 21.8 Å². The summed E-state index contributed by atoms with van der Waals surface area (Å²) in [7, 11) is -4.04. The Kier molecular flexibility index (Phi) is 7.18. The summed E-state index contributed by atoms with van der Waals surface area (Å²) in [6.45, 7) is 8.22. The van der Waals surface area contributed by atoms with Crippen molar-refractivity contribution >= 4 is 16.0 Å². The van der Waals surface area contributed by atoms with Crippen molar-refractivity contribution in [3.05, 3.63) is 59.9 Å². The van der Waals surface area contributed by atoms with E-state index in [1.165, 1.54) is 0 Å². The van der Waals surface area contributed by atoms with E-state index in [0.717, 1.165) is 36.2 Å². The van der Waals surface area contributed by atoms with Crippen molar-refractivity contribution in [3.63, 3.8) is 0 Å². The first kappa shape index (κ1) is 21.9. The van der Waals surface area contributed by atoms with Gasteiger partial charge in [-0.3, -0.25) is 4.79 Å². The fraction of sp³-hybridized carbons (Fsp3) is 0.381. The van der Waals surface area contributed by atoms with Gasteiger partial charge < -0.3 is 9.08 Å². The maximum atomic E-state index is 13.0. The molecule has 5 nitrogen and oxygen atoms in total. The van der Waals surface area contributed by atoms with Gasteiger partial charge in [-0.2, -0.15) is 8.42 Å². The van der Waals surface area contributed by atoms with Crippen LogP contribution in [0.5, 0.6) is 5.75 Å². The van der Waals surface area contributed by atoms with Crippen LogP contribution < -0.4 is 4.18 Å². The summed E-state index contributed by atoms with van der Waals surface area (Å²) in [5.74, 6) is -0.394. The van der Waals surface area contributed by atoms with Crippen molar-refractivity contribution in [1.82, 2.24) is 4.90 Å². The van der Waals surface area contributed by atoms with Crippen LogP contribution in [0.25, 0.3) is 0 Å². The second kappa shape index (κ2) is 9.19. The van der Waals surface area contributed by atoms with E-state index in [0.29, 0.717) is 6.54 Å². The van der Waals surface area contributed by atoms with E-state index in [2.05, 4.69) is 0 Å². The smallest absolute Gasteiger partial charge is 0.339 e. The molecule has 0 aliphatic heterocycles. The molecule has 0 aliphatic carbocycles. The summed E-state index contributed by atoms with van der Waals surface area (Å²) in [4.78, 5) is 14.2. The zero-order valence-corrected chi connectivity index (χ0v) is 17.4. The molecule has 0 aliphatic rings. The maximum absolute atomic E-state index is 13.0. The monoisotopic (exact) mass is 407 g/mol. The van der Waals surface area contributed by atoms with E-state index in [1.807, 2.05) is 32.6 Å². The summed E-state index contributed by atoms with van der Waals surface area (Å²) in [6, 6.07) is 11.1. The molecule has 0 radical (unpaired) electrons. The number of rotatable bonds is 8. The van der Waals surface area contributed by atoms with Crippen LogP contribution in [0.3, 0.4) is 0 Å². The first-order valence-corrected chi connectivity index (χ1v) is 10.6. The molecule has 0 spiro atoms. The highest BCUT2D eigenvalue weighted by Crippen LogP contribution is 2.21. The lowest BCUT2D eigenvalue weighted by atomic mass is 10.1. The number of amides is 1. The van der Waals surface area contributed by atoms with Crippen LogP contribution >= 0.6 is 0 Å². The molecule has 7 heteroatoms. The molecule has 1 atom stereocenters. The van der Waals surface area contributed by atoms with Crippen molar-refractivity contribution in [1.29, 1.82) is 0 Å². The van der Waals surface area contributed by atoms with E-state index in [9.17, 15) is 17.6 Å². The summed E-state index contributed by atoms with van der Waals surface area (Å²) in [5.41, 5.74) is 0.876. The Morgan fingerprint density at radius 2 is 1.61 bits per heavy atom. The quantitative estimate of drug-likeness (QED) is 0.610. The molecule has 1 unspecified atom stereocenters. The van der Waals surface area contributed by atoms with Gasteiger partial charge in [0, 0.05) is 18.5 Å². The third kappa shape index (κ3) is 5.55. The van der Waals surface area contributed by atoms with Gasteiger partial charge in [0.1, 0.15) is 16.5 Å². The third-order valence-electron chi connectivity index (χ3n) is 4.48. The average Bonchev–Trinajstić information content (AvgIpc) is 2.66. The Morgan fingerprint density at radius 1 is 1.04 bits per heavy atom. The Hall–Kier alpha value is -2.41. The first-order chi connectivity index (χ1) is 13.1. The molecule has 0 aromatic heterocycles. The van der Waals surface area contributed by atoms with E-state index in [-0.39, 0.29) is 28.5 Å². The summed E-state index contributed by atoms with van der Waals surface area (Å²) >= 11 is 0. The standard InChI is InChI=1S/C21H26FNO4S/c1-5-16(4)23(21(24)15(2)3)14-17-6-10-19(11-7-17)27-28(25,26)20-12-8-18(22)9-13-20/h6-13,15-16H,5,14H2,1-4H3. The first-order valence-electron chi connectivity index (χ1n) is 9.23. The van der Waals surface area contributed by atoms with Crippen molar-refractivity contribution in [2.75, 3.05) is 0 Å². The van der Waals surface area contributed by atoms with Gasteiger partial charge in [0.05, 0.1) is 0 Å². The normalized spacial score (nSPS) is 12.6. The predicted molar refractivity (Wildman–Crippen MR) is 106 cm³/mol. The Balaban J connectivity index is 2.14. The lowest BCUT2D eigenvalue weighted by Crippen LogP contribution is -2.40. The van der Waals surface area contributed by atoms with Gasteiger partial charge in [-0.05, 0) is 55.3 Å². The minimum atomic E-state index is -4.04. The van der Waals surface area contributed by atoms with Gasteiger partial charge in [-0.25, -0.2) is 4.39 Å². The van der Waals surface area contributed by atoms with Crippen LogP contribution in [0, 0.1) is 11.7 Å². The molecule has 2 aromatic rings. The molecule has 28 heavy (non-hydrogen) atoms. The summed E-state index contributed by atoms with van der Waals surface area (Å²) < 4.78 is 42.6. The second-order valence-electron chi connectivity index (χ2n) is 7.01. The fourth-order valence-electron chi connectivity index (χ4n) is 2.63. The SMILES string of the molecule is CCC(C)N(Cc1ccc(OS(=O)(=O)c2ccc(F)cc2)cc1)C(=O)C(C)C. The van der Waals surface area contributed by atoms with Crippen LogP contribution in [-0.2, 0) is 21.5 Å². The lowest BCUT2D eigenvalue weighted by molar-refractivity contribution is -0.137. The van der Waals surface area contributed by atoms with Crippen LogP contribution in [-0.4, -0.2) is 25.3 Å². The molecule has 2 rings (SSSR count). The number of hydrogen-bond acceptors (Lipinski definition) is 4. The largest absolute Gasteiger partial charge is 0.379 e. The van der Waals surface area contributed by atoms with Crippen LogP contribution in [0.2, 0.25) is 0 Å². The number of carbonyl (C=O) groups excluding carboxylic acids is 1. The van der Waals surface area contributed by atoms with E-state index >= 15 is 0 Å². The molecule has 0 bridgehead atoms. The maximum Gasteiger partial charge on any atom is 0.339 e. The van der Waals surface area contributed by atoms with Gasteiger partial charge in [0.2, 0.25) is 5.91 Å². The lowest BCUT2D eigenvalue weighted by Gasteiger charge is -2.30. The van der Waals surface area contributed by atoms with Gasteiger partial charge in [0.15, 0.2) is 0 Å². The van der Waals surface area contributed by atoms with Gasteiger partial charge in [-0.15, -0.1) is 0 Å². The topological polar surface area (TPSA) is 63.7 Å². The second-order valence-corrected chi connectivity index (χ2v) is 8.56. The van der Waals surface area contributed by atoms with Crippen molar-refractivity contribution in [2.45, 2.75) is 51.6 Å². The third-order valence-corrected chi connectivity index (χ3v) is 5.75. The summed E-state index contributed by atoms with van der Waals surface area (Å²) in [5, 5.41) is 0. The average molecular weight is 408 g/mol. The highest BCUT2D eigenvalue weighted by atomic mass is 32.2. The van der Waals surface area contributed by atoms with Crippen LogP contribution in [0.1, 0.15) is 39.7 Å². The molecule has 0 saturated heterocycles. The minimum absolute atomic E-state index is 0.0774. The molecule has 2 aromatic carbocycles. The number of nitrogens with zero attached hydrogens (tertiary/aromatic N) is 1. The zero-order valence-electron chi connectivity index (χ0n) is 16.6. The van der Waals surface area contributed by atoms with E-state index in [1.54, 1.807) is 24.3 Å². The molecule has 0 heterocycles. The number of carbonyl (C=O) groups is 1. The molecule has 0 saturated carbocycles. The Labute approximate surface area is 166 Å². The highest BCUT2D eigenvalue weighted by Gasteiger charge is 2.22. The fourth-order valence-corrected chi connectivity index (χ4v) is 3.56. The summed E-state index contributed by atoms with van der Waals surface area (Å²) in [6.07, 6.45) is 0.843. The molecule has 1 amide bonds. The number of benzene rings is 2. The van der Waals surface area contributed by atoms with Gasteiger partial charge >= 0.3 is 10.1 Å². The molecular weight excluding hydrogens is 381 g/mol.